The average Bonchev–Trinajstić information content (AvgIpc) is 3.07. The fraction of sp³-hybridized carbons (Fsp3) is 0.684. The van der Waals surface area contributed by atoms with Crippen LogP contribution in [0.25, 0.3) is 0 Å². The van der Waals surface area contributed by atoms with Crippen LogP contribution in [0.2, 0.25) is 0 Å². The van der Waals surface area contributed by atoms with Gasteiger partial charge >= 0.3 is 0 Å². The third-order valence-electron chi connectivity index (χ3n) is 5.25. The van der Waals surface area contributed by atoms with Gasteiger partial charge in [-0.1, -0.05) is 27.7 Å². The maximum absolute atomic E-state index is 12.6. The number of fused-ring (bicyclic) bond motifs is 1. The summed E-state index contributed by atoms with van der Waals surface area (Å²) in [5, 5.41) is 8.07. The molecular formula is C19H29N5OS. The second-order valence-electron chi connectivity index (χ2n) is 8.47. The monoisotopic (exact) mass is 375 g/mol. The quantitative estimate of drug-likeness (QED) is 0.883. The Morgan fingerprint density at radius 3 is 2.69 bits per heavy atom. The summed E-state index contributed by atoms with van der Waals surface area (Å²) in [4.78, 5) is 22.9. The minimum atomic E-state index is -0.196. The van der Waals surface area contributed by atoms with E-state index in [9.17, 15) is 4.79 Å². The number of rotatable bonds is 4. The van der Waals surface area contributed by atoms with Crippen LogP contribution in [0.1, 0.15) is 56.3 Å². The van der Waals surface area contributed by atoms with Crippen LogP contribution in [0.5, 0.6) is 0 Å². The Hall–Kier alpha value is -1.76. The fourth-order valence-electron chi connectivity index (χ4n) is 3.47. The number of aromatic nitrogens is 4. The Labute approximate surface area is 159 Å². The first-order valence-electron chi connectivity index (χ1n) is 9.31. The molecule has 1 aliphatic carbocycles. The number of anilines is 1. The lowest BCUT2D eigenvalue weighted by Crippen LogP contribution is -2.26. The van der Waals surface area contributed by atoms with Gasteiger partial charge in [0.05, 0.1) is 18.2 Å². The molecule has 1 N–H and O–H groups in total. The van der Waals surface area contributed by atoms with E-state index in [-0.39, 0.29) is 11.8 Å². The first kappa shape index (κ1) is 19.0. The maximum Gasteiger partial charge on any atom is 0.230 e. The minimum Gasteiger partial charge on any atom is -0.302 e. The molecule has 0 saturated carbocycles. The molecule has 0 fully saturated rings. The number of hydrogen-bond donors (Lipinski definition) is 1. The van der Waals surface area contributed by atoms with Crippen molar-refractivity contribution in [3.63, 3.8) is 0 Å². The molecule has 6 nitrogen and oxygen atoms in total. The molecule has 2 heterocycles. The number of hydrogen-bond acceptors (Lipinski definition) is 5. The van der Waals surface area contributed by atoms with E-state index >= 15 is 0 Å². The van der Waals surface area contributed by atoms with E-state index in [4.69, 9.17) is 0 Å². The summed E-state index contributed by atoms with van der Waals surface area (Å²) in [6.45, 7) is 13.1. The van der Waals surface area contributed by atoms with Crippen molar-refractivity contribution in [3.8, 4) is 0 Å². The molecule has 2 unspecified atom stereocenters. The summed E-state index contributed by atoms with van der Waals surface area (Å²) in [5.41, 5.74) is 1.48. The van der Waals surface area contributed by atoms with Crippen molar-refractivity contribution in [2.24, 2.45) is 17.3 Å². The molecule has 0 aromatic carbocycles. The molecule has 2 aromatic rings. The smallest absolute Gasteiger partial charge is 0.230 e. The van der Waals surface area contributed by atoms with Crippen LogP contribution in [0.3, 0.4) is 0 Å². The van der Waals surface area contributed by atoms with E-state index in [1.165, 1.54) is 17.0 Å². The number of nitrogens with one attached hydrogen (secondary N) is 1. The lowest BCUT2D eigenvalue weighted by molar-refractivity contribution is -0.119. The fourth-order valence-corrected chi connectivity index (χ4v) is 4.56. The second kappa shape index (κ2) is 7.10. The van der Waals surface area contributed by atoms with E-state index in [2.05, 4.69) is 41.2 Å². The average molecular weight is 376 g/mol. The lowest BCUT2D eigenvalue weighted by atomic mass is 9.73. The zero-order chi connectivity index (χ0) is 19.1. The molecular weight excluding hydrogens is 346 g/mol. The lowest BCUT2D eigenvalue weighted by Gasteiger charge is -2.33. The van der Waals surface area contributed by atoms with E-state index in [1.807, 2.05) is 20.8 Å². The Morgan fingerprint density at radius 1 is 1.35 bits per heavy atom. The third-order valence-corrected chi connectivity index (χ3v) is 6.29. The van der Waals surface area contributed by atoms with Gasteiger partial charge in [-0.15, -0.1) is 11.3 Å². The third kappa shape index (κ3) is 4.14. The standard InChI is InChI=1S/C19H29N5OS/c1-11(10-24-13(3)20-12(2)23-24)17(25)22-18-21-15-8-7-14(19(4,5)6)9-16(15)26-18/h11,14H,7-10H2,1-6H3,(H,21,22,25). The second-order valence-corrected chi connectivity index (χ2v) is 9.56. The summed E-state index contributed by atoms with van der Waals surface area (Å²) in [6.07, 6.45) is 3.25. The van der Waals surface area contributed by atoms with Crippen LogP contribution in [0, 0.1) is 31.1 Å². The zero-order valence-corrected chi connectivity index (χ0v) is 17.4. The Kier molecular flexibility index (Phi) is 5.19. The molecule has 0 saturated heterocycles. The number of aryl methyl sites for hydroxylation is 3. The predicted molar refractivity (Wildman–Crippen MR) is 104 cm³/mol. The highest BCUT2D eigenvalue weighted by atomic mass is 32.1. The molecule has 0 radical (unpaired) electrons. The molecule has 2 aromatic heterocycles. The number of thiazole rings is 1. The number of nitrogens with zero attached hydrogens (tertiary/aromatic N) is 4. The van der Waals surface area contributed by atoms with Crippen molar-refractivity contribution < 1.29 is 4.79 Å². The van der Waals surface area contributed by atoms with Gasteiger partial charge < -0.3 is 5.32 Å². The maximum atomic E-state index is 12.6. The molecule has 26 heavy (non-hydrogen) atoms. The molecule has 0 aliphatic heterocycles. The first-order valence-corrected chi connectivity index (χ1v) is 10.1. The van der Waals surface area contributed by atoms with Gasteiger partial charge in [-0.2, -0.15) is 5.10 Å². The topological polar surface area (TPSA) is 72.7 Å². The molecule has 3 rings (SSSR count). The SMILES string of the molecule is Cc1nc(C)n(CC(C)C(=O)Nc2nc3c(s2)CC(C(C)(C)C)CC3)n1. The minimum absolute atomic E-state index is 0.0176. The van der Waals surface area contributed by atoms with Crippen molar-refractivity contribution in [1.82, 2.24) is 19.7 Å². The van der Waals surface area contributed by atoms with Crippen molar-refractivity contribution in [2.75, 3.05) is 5.32 Å². The summed E-state index contributed by atoms with van der Waals surface area (Å²) >= 11 is 1.64. The number of carbonyl (C=O) groups is 1. The van der Waals surface area contributed by atoms with Gasteiger partial charge in [0.2, 0.25) is 5.91 Å². The summed E-state index contributed by atoms with van der Waals surface area (Å²) in [6, 6.07) is 0. The molecule has 2 atom stereocenters. The van der Waals surface area contributed by atoms with Gasteiger partial charge in [0, 0.05) is 4.88 Å². The molecule has 0 bridgehead atoms. The van der Waals surface area contributed by atoms with E-state index in [0.29, 0.717) is 17.9 Å². The largest absolute Gasteiger partial charge is 0.302 e. The van der Waals surface area contributed by atoms with Crippen LogP contribution >= 0.6 is 11.3 Å². The normalized spacial score (nSPS) is 18.5. The predicted octanol–water partition coefficient (Wildman–Crippen LogP) is 3.78. The van der Waals surface area contributed by atoms with Crippen molar-refractivity contribution in [3.05, 3.63) is 22.2 Å². The van der Waals surface area contributed by atoms with Crippen LogP contribution < -0.4 is 5.32 Å². The first-order chi connectivity index (χ1) is 12.1. The van der Waals surface area contributed by atoms with Crippen LogP contribution in [-0.4, -0.2) is 25.7 Å². The van der Waals surface area contributed by atoms with Crippen molar-refractivity contribution in [1.29, 1.82) is 0 Å². The Bertz CT molecular complexity index is 801. The van der Waals surface area contributed by atoms with Gasteiger partial charge in [0.15, 0.2) is 5.13 Å². The van der Waals surface area contributed by atoms with Gasteiger partial charge in [0.1, 0.15) is 11.6 Å². The van der Waals surface area contributed by atoms with E-state index in [1.54, 1.807) is 16.0 Å². The number of carbonyl (C=O) groups excluding carboxylic acids is 1. The molecule has 1 amide bonds. The molecule has 7 heteroatoms. The Morgan fingerprint density at radius 2 is 2.08 bits per heavy atom. The summed E-state index contributed by atoms with van der Waals surface area (Å²) in [7, 11) is 0. The number of amides is 1. The van der Waals surface area contributed by atoms with Gasteiger partial charge in [0.25, 0.3) is 0 Å². The Balaban J connectivity index is 1.63. The molecule has 0 spiro atoms. The van der Waals surface area contributed by atoms with Crippen LogP contribution in [0.4, 0.5) is 5.13 Å². The van der Waals surface area contributed by atoms with E-state index in [0.717, 1.165) is 29.6 Å². The van der Waals surface area contributed by atoms with Crippen LogP contribution in [0.15, 0.2) is 0 Å². The summed E-state index contributed by atoms with van der Waals surface area (Å²) < 4.78 is 1.79. The summed E-state index contributed by atoms with van der Waals surface area (Å²) in [5.74, 6) is 2.03. The highest BCUT2D eigenvalue weighted by molar-refractivity contribution is 7.15. The van der Waals surface area contributed by atoms with Gasteiger partial charge in [-0.05, 0) is 44.4 Å². The molecule has 142 valence electrons. The van der Waals surface area contributed by atoms with E-state index < -0.39 is 0 Å². The van der Waals surface area contributed by atoms with Gasteiger partial charge in [-0.3, -0.25) is 4.79 Å². The highest BCUT2D eigenvalue weighted by Gasteiger charge is 2.31. The van der Waals surface area contributed by atoms with Crippen LogP contribution in [-0.2, 0) is 24.2 Å². The zero-order valence-electron chi connectivity index (χ0n) is 16.6. The highest BCUT2D eigenvalue weighted by Crippen LogP contribution is 2.40. The van der Waals surface area contributed by atoms with Gasteiger partial charge in [-0.25, -0.2) is 14.6 Å². The molecule has 1 aliphatic rings. The van der Waals surface area contributed by atoms with Crippen molar-refractivity contribution in [2.45, 2.75) is 67.3 Å². The van der Waals surface area contributed by atoms with Crippen molar-refractivity contribution >= 4 is 22.4 Å².